The molecule has 3 nitrogen and oxygen atoms in total. The van der Waals surface area contributed by atoms with Crippen molar-refractivity contribution in [1.29, 1.82) is 0 Å². The van der Waals surface area contributed by atoms with Crippen LogP contribution >= 0.6 is 0 Å². The van der Waals surface area contributed by atoms with Crippen LogP contribution in [0.2, 0.25) is 0 Å². The predicted molar refractivity (Wildman–Crippen MR) is 65.5 cm³/mol. The van der Waals surface area contributed by atoms with Gasteiger partial charge >= 0.3 is 0 Å². The van der Waals surface area contributed by atoms with E-state index in [2.05, 4.69) is 13.8 Å². The molecule has 0 aliphatic heterocycles. The molecule has 2 N–H and O–H groups in total. The summed E-state index contributed by atoms with van der Waals surface area (Å²) < 4.78 is 1.94. The highest BCUT2D eigenvalue weighted by atomic mass is 16.1. The molecule has 0 radical (unpaired) electrons. The Labute approximate surface area is 96.3 Å². The highest BCUT2D eigenvalue weighted by Crippen LogP contribution is 2.19. The third kappa shape index (κ3) is 2.19. The Kier molecular flexibility index (Phi) is 3.15. The van der Waals surface area contributed by atoms with Crippen molar-refractivity contribution in [2.45, 2.75) is 45.7 Å². The monoisotopic (exact) mass is 220 g/mol. The zero-order chi connectivity index (χ0) is 11.7. The molecule has 0 spiro atoms. The van der Waals surface area contributed by atoms with Crippen molar-refractivity contribution in [3.63, 3.8) is 0 Å². The fraction of sp³-hybridized carbons (Fsp3) is 0.615. The molecule has 1 aliphatic carbocycles. The van der Waals surface area contributed by atoms with Gasteiger partial charge in [-0.3, -0.25) is 4.79 Å². The zero-order valence-corrected chi connectivity index (χ0v) is 10.1. The Morgan fingerprint density at radius 1 is 1.50 bits per heavy atom. The number of hydrogen-bond acceptors (Lipinski definition) is 2. The second-order valence-corrected chi connectivity index (χ2v) is 5.15. The fourth-order valence-corrected chi connectivity index (χ4v) is 2.42. The molecule has 88 valence electrons. The molecular formula is C13H20N2O. The van der Waals surface area contributed by atoms with Crippen molar-refractivity contribution < 1.29 is 0 Å². The Bertz CT molecular complexity index is 434. The molecule has 2 rings (SSSR count). The van der Waals surface area contributed by atoms with Gasteiger partial charge in [0.1, 0.15) is 0 Å². The first kappa shape index (κ1) is 11.4. The first-order chi connectivity index (χ1) is 7.58. The third-order valence-electron chi connectivity index (χ3n) is 3.17. The van der Waals surface area contributed by atoms with Crippen LogP contribution < -0.4 is 11.3 Å². The summed E-state index contributed by atoms with van der Waals surface area (Å²) in [6, 6.07) is 3.89. The summed E-state index contributed by atoms with van der Waals surface area (Å²) in [6.07, 6.45) is 2.85. The van der Waals surface area contributed by atoms with Gasteiger partial charge in [0.2, 0.25) is 0 Å². The second-order valence-electron chi connectivity index (χ2n) is 5.15. The summed E-state index contributed by atoms with van der Waals surface area (Å²) in [4.78, 5) is 11.8. The van der Waals surface area contributed by atoms with Crippen LogP contribution in [0.5, 0.6) is 0 Å². The van der Waals surface area contributed by atoms with E-state index in [9.17, 15) is 4.79 Å². The van der Waals surface area contributed by atoms with E-state index in [0.29, 0.717) is 5.92 Å². The van der Waals surface area contributed by atoms with Crippen LogP contribution in [0.3, 0.4) is 0 Å². The number of aromatic nitrogens is 1. The minimum Gasteiger partial charge on any atom is -0.327 e. The van der Waals surface area contributed by atoms with Crippen LogP contribution in [0.1, 0.15) is 31.5 Å². The minimum absolute atomic E-state index is 0.128. The molecule has 0 fully saturated rings. The normalized spacial score (nSPS) is 19.9. The molecular weight excluding hydrogens is 200 g/mol. The topological polar surface area (TPSA) is 48.0 Å². The largest absolute Gasteiger partial charge is 0.327 e. The fourth-order valence-electron chi connectivity index (χ4n) is 2.42. The van der Waals surface area contributed by atoms with Gasteiger partial charge in [0, 0.05) is 24.3 Å². The number of hydrogen-bond donors (Lipinski definition) is 1. The molecule has 1 aromatic rings. The van der Waals surface area contributed by atoms with Crippen molar-refractivity contribution in [2.75, 3.05) is 0 Å². The molecule has 16 heavy (non-hydrogen) atoms. The standard InChI is InChI=1S/C13H20N2O/c1-9(2)8-15-12-5-4-11(14)7-10(12)3-6-13(15)16/h3,6,9,11H,4-5,7-8,14H2,1-2H3. The highest BCUT2D eigenvalue weighted by molar-refractivity contribution is 5.25. The molecule has 1 heterocycles. The minimum atomic E-state index is 0.128. The first-order valence-corrected chi connectivity index (χ1v) is 6.05. The number of pyridine rings is 1. The van der Waals surface area contributed by atoms with E-state index in [0.717, 1.165) is 25.8 Å². The maximum atomic E-state index is 11.8. The molecule has 0 saturated heterocycles. The Hall–Kier alpha value is -1.09. The maximum Gasteiger partial charge on any atom is 0.250 e. The number of nitrogens with zero attached hydrogens (tertiary/aromatic N) is 1. The van der Waals surface area contributed by atoms with Gasteiger partial charge < -0.3 is 10.3 Å². The molecule has 1 unspecified atom stereocenters. The van der Waals surface area contributed by atoms with Crippen molar-refractivity contribution in [3.05, 3.63) is 33.7 Å². The van der Waals surface area contributed by atoms with Gasteiger partial charge in [-0.2, -0.15) is 0 Å². The second kappa shape index (κ2) is 4.42. The van der Waals surface area contributed by atoms with Crippen molar-refractivity contribution >= 4 is 0 Å². The van der Waals surface area contributed by atoms with E-state index in [4.69, 9.17) is 5.73 Å². The Balaban J connectivity index is 2.43. The van der Waals surface area contributed by atoms with Gasteiger partial charge in [0.15, 0.2) is 0 Å². The van der Waals surface area contributed by atoms with Gasteiger partial charge in [-0.25, -0.2) is 0 Å². The molecule has 1 aliphatic rings. The molecule has 0 saturated carbocycles. The molecule has 3 heteroatoms. The number of fused-ring (bicyclic) bond motifs is 1. The van der Waals surface area contributed by atoms with Crippen LogP contribution in [-0.2, 0) is 19.4 Å². The van der Waals surface area contributed by atoms with Crippen LogP contribution in [0, 0.1) is 5.92 Å². The van der Waals surface area contributed by atoms with Crippen LogP contribution in [0.4, 0.5) is 0 Å². The summed E-state index contributed by atoms with van der Waals surface area (Å²) in [5.74, 6) is 0.500. The summed E-state index contributed by atoms with van der Waals surface area (Å²) in [5.41, 5.74) is 8.55. The van der Waals surface area contributed by atoms with Gasteiger partial charge in [-0.1, -0.05) is 19.9 Å². The molecule has 0 aromatic carbocycles. The molecule has 0 bridgehead atoms. The van der Waals surface area contributed by atoms with E-state index in [-0.39, 0.29) is 11.6 Å². The molecule has 0 amide bonds. The van der Waals surface area contributed by atoms with Crippen LogP contribution in [-0.4, -0.2) is 10.6 Å². The predicted octanol–water partition coefficient (Wildman–Crippen LogP) is 1.32. The average molecular weight is 220 g/mol. The van der Waals surface area contributed by atoms with E-state index >= 15 is 0 Å². The summed E-state index contributed by atoms with van der Waals surface area (Å²) in [5, 5.41) is 0. The third-order valence-corrected chi connectivity index (χ3v) is 3.17. The SMILES string of the molecule is CC(C)Cn1c2c(ccc1=O)CC(N)CC2. The van der Waals surface area contributed by atoms with Crippen LogP contribution in [0.15, 0.2) is 16.9 Å². The van der Waals surface area contributed by atoms with Crippen LogP contribution in [0.25, 0.3) is 0 Å². The van der Waals surface area contributed by atoms with Crippen molar-refractivity contribution in [2.24, 2.45) is 11.7 Å². The average Bonchev–Trinajstić information content (AvgIpc) is 2.22. The van der Waals surface area contributed by atoms with E-state index < -0.39 is 0 Å². The smallest absolute Gasteiger partial charge is 0.250 e. The van der Waals surface area contributed by atoms with Crippen molar-refractivity contribution in [1.82, 2.24) is 4.57 Å². The Morgan fingerprint density at radius 3 is 2.94 bits per heavy atom. The zero-order valence-electron chi connectivity index (χ0n) is 10.1. The lowest BCUT2D eigenvalue weighted by Gasteiger charge is -2.25. The summed E-state index contributed by atoms with van der Waals surface area (Å²) >= 11 is 0. The van der Waals surface area contributed by atoms with Gasteiger partial charge in [0.25, 0.3) is 5.56 Å². The van der Waals surface area contributed by atoms with E-state index in [1.165, 1.54) is 11.3 Å². The molecule has 1 atom stereocenters. The maximum absolute atomic E-state index is 11.8. The van der Waals surface area contributed by atoms with Crippen molar-refractivity contribution in [3.8, 4) is 0 Å². The molecule has 1 aromatic heterocycles. The lowest BCUT2D eigenvalue weighted by Crippen LogP contribution is -2.34. The lowest BCUT2D eigenvalue weighted by atomic mass is 9.92. The lowest BCUT2D eigenvalue weighted by molar-refractivity contribution is 0.467. The van der Waals surface area contributed by atoms with E-state index in [1.54, 1.807) is 6.07 Å². The van der Waals surface area contributed by atoms with Gasteiger partial charge in [0.05, 0.1) is 0 Å². The highest BCUT2D eigenvalue weighted by Gasteiger charge is 2.19. The first-order valence-electron chi connectivity index (χ1n) is 6.05. The number of nitrogens with two attached hydrogens (primary N) is 1. The quantitative estimate of drug-likeness (QED) is 0.817. The Morgan fingerprint density at radius 2 is 2.25 bits per heavy atom. The number of rotatable bonds is 2. The van der Waals surface area contributed by atoms with Gasteiger partial charge in [-0.15, -0.1) is 0 Å². The summed E-state index contributed by atoms with van der Waals surface area (Å²) in [6.45, 7) is 5.10. The van der Waals surface area contributed by atoms with E-state index in [1.807, 2.05) is 10.6 Å². The summed E-state index contributed by atoms with van der Waals surface area (Å²) in [7, 11) is 0. The van der Waals surface area contributed by atoms with Gasteiger partial charge in [-0.05, 0) is 30.7 Å².